The Hall–Kier alpha value is -2.82. The highest BCUT2D eigenvalue weighted by Crippen LogP contribution is 2.29. The predicted octanol–water partition coefficient (Wildman–Crippen LogP) is 2.37. The first kappa shape index (κ1) is 17.2. The third-order valence-corrected chi connectivity index (χ3v) is 2.35. The molecule has 0 aromatic carbocycles. The fraction of sp³-hybridized carbons (Fsp3) is 0.429. The summed E-state index contributed by atoms with van der Waals surface area (Å²) in [5.41, 5.74) is -1.15. The molecule has 0 saturated carbocycles. The zero-order chi connectivity index (χ0) is 16.9. The van der Waals surface area contributed by atoms with Crippen molar-refractivity contribution >= 4 is 17.6 Å². The minimum absolute atomic E-state index is 0.117. The Morgan fingerprint density at radius 3 is 2.59 bits per heavy atom. The number of methoxy groups -OCH3 is 1. The number of hydrogen-bond acceptors (Lipinski definition) is 6. The SMILES string of the molecule is C#CCN(C(=O)OC(C)(C)C)c1nc(OC)ccc1[N+](=O)[O-]. The maximum Gasteiger partial charge on any atom is 0.417 e. The molecule has 0 radical (unpaired) electrons. The molecular weight excluding hydrogens is 290 g/mol. The van der Waals surface area contributed by atoms with E-state index < -0.39 is 16.6 Å². The highest BCUT2D eigenvalue weighted by Gasteiger charge is 2.30. The molecule has 0 unspecified atom stereocenters. The van der Waals surface area contributed by atoms with Gasteiger partial charge < -0.3 is 9.47 Å². The van der Waals surface area contributed by atoms with Crippen molar-refractivity contribution in [2.75, 3.05) is 18.6 Å². The van der Waals surface area contributed by atoms with Crippen LogP contribution in [0.3, 0.4) is 0 Å². The van der Waals surface area contributed by atoms with Gasteiger partial charge >= 0.3 is 11.8 Å². The monoisotopic (exact) mass is 307 g/mol. The normalized spacial score (nSPS) is 10.5. The second-order valence-corrected chi connectivity index (χ2v) is 5.22. The third kappa shape index (κ3) is 4.34. The summed E-state index contributed by atoms with van der Waals surface area (Å²) in [7, 11) is 1.36. The largest absolute Gasteiger partial charge is 0.481 e. The summed E-state index contributed by atoms with van der Waals surface area (Å²) in [5, 5.41) is 11.1. The summed E-state index contributed by atoms with van der Waals surface area (Å²) in [4.78, 5) is 27.6. The zero-order valence-electron chi connectivity index (χ0n) is 12.8. The first-order valence-corrected chi connectivity index (χ1v) is 6.33. The molecule has 0 saturated heterocycles. The van der Waals surface area contributed by atoms with E-state index in [2.05, 4.69) is 10.9 Å². The number of carbonyl (C=O) groups excluding carboxylic acids is 1. The van der Waals surface area contributed by atoms with Gasteiger partial charge in [-0.25, -0.2) is 9.69 Å². The van der Waals surface area contributed by atoms with Crippen LogP contribution in [0, 0.1) is 22.5 Å². The van der Waals surface area contributed by atoms with Crippen LogP contribution in [0.15, 0.2) is 12.1 Å². The lowest BCUT2D eigenvalue weighted by atomic mass is 10.2. The van der Waals surface area contributed by atoms with Crippen molar-refractivity contribution in [2.45, 2.75) is 26.4 Å². The van der Waals surface area contributed by atoms with E-state index in [1.807, 2.05) is 0 Å². The molecule has 0 fully saturated rings. The van der Waals surface area contributed by atoms with Gasteiger partial charge in [0.15, 0.2) is 0 Å². The second kappa shape index (κ2) is 6.76. The minimum atomic E-state index is -0.825. The molecule has 0 N–H and O–H groups in total. The van der Waals surface area contributed by atoms with Crippen LogP contribution in [0.4, 0.5) is 16.3 Å². The maximum absolute atomic E-state index is 12.2. The second-order valence-electron chi connectivity index (χ2n) is 5.22. The van der Waals surface area contributed by atoms with Crippen molar-refractivity contribution in [3.8, 4) is 18.2 Å². The third-order valence-electron chi connectivity index (χ3n) is 2.35. The van der Waals surface area contributed by atoms with Gasteiger partial charge in [-0.2, -0.15) is 4.98 Å². The fourth-order valence-corrected chi connectivity index (χ4v) is 1.51. The Kier molecular flexibility index (Phi) is 5.29. The summed E-state index contributed by atoms with van der Waals surface area (Å²) in [6, 6.07) is 2.51. The number of anilines is 1. The minimum Gasteiger partial charge on any atom is -0.481 e. The number of rotatable bonds is 4. The van der Waals surface area contributed by atoms with Crippen LogP contribution < -0.4 is 9.64 Å². The first-order valence-electron chi connectivity index (χ1n) is 6.33. The molecule has 1 aromatic heterocycles. The molecule has 1 amide bonds. The van der Waals surface area contributed by atoms with Crippen molar-refractivity contribution in [2.24, 2.45) is 0 Å². The lowest BCUT2D eigenvalue weighted by molar-refractivity contribution is -0.384. The lowest BCUT2D eigenvalue weighted by Crippen LogP contribution is -2.38. The fourth-order valence-electron chi connectivity index (χ4n) is 1.51. The van der Waals surface area contributed by atoms with Crippen LogP contribution >= 0.6 is 0 Å². The molecule has 0 aliphatic carbocycles. The van der Waals surface area contributed by atoms with E-state index in [1.165, 1.54) is 19.2 Å². The number of amides is 1. The Bertz CT molecular complexity index is 616. The van der Waals surface area contributed by atoms with Gasteiger partial charge in [0.25, 0.3) is 0 Å². The summed E-state index contributed by atoms with van der Waals surface area (Å²) in [6.45, 7) is 4.79. The van der Waals surface area contributed by atoms with Gasteiger partial charge in [0.05, 0.1) is 18.6 Å². The van der Waals surface area contributed by atoms with Gasteiger partial charge in [0.1, 0.15) is 5.60 Å². The summed E-state index contributed by atoms with van der Waals surface area (Å²) < 4.78 is 10.1. The van der Waals surface area contributed by atoms with E-state index in [0.717, 1.165) is 4.90 Å². The summed E-state index contributed by atoms with van der Waals surface area (Å²) in [6.07, 6.45) is 4.41. The molecule has 0 aliphatic rings. The van der Waals surface area contributed by atoms with Gasteiger partial charge in [-0.1, -0.05) is 5.92 Å². The van der Waals surface area contributed by atoms with E-state index >= 15 is 0 Å². The smallest absolute Gasteiger partial charge is 0.417 e. The molecule has 1 rings (SSSR count). The average molecular weight is 307 g/mol. The van der Waals surface area contributed by atoms with E-state index in [9.17, 15) is 14.9 Å². The van der Waals surface area contributed by atoms with Crippen molar-refractivity contribution in [3.05, 3.63) is 22.2 Å². The summed E-state index contributed by atoms with van der Waals surface area (Å²) in [5.74, 6) is 2.15. The van der Waals surface area contributed by atoms with Gasteiger partial charge in [0.2, 0.25) is 11.7 Å². The van der Waals surface area contributed by atoms with Crippen LogP contribution in [-0.2, 0) is 4.74 Å². The van der Waals surface area contributed by atoms with Crippen LogP contribution in [-0.4, -0.2) is 35.3 Å². The Morgan fingerprint density at radius 2 is 2.14 bits per heavy atom. The quantitative estimate of drug-likeness (QED) is 0.481. The molecule has 0 spiro atoms. The number of terminal acetylenes is 1. The molecule has 8 heteroatoms. The number of nitrogens with zero attached hydrogens (tertiary/aromatic N) is 3. The average Bonchev–Trinajstić information content (AvgIpc) is 2.41. The van der Waals surface area contributed by atoms with Crippen molar-refractivity contribution in [3.63, 3.8) is 0 Å². The first-order chi connectivity index (χ1) is 10.2. The Morgan fingerprint density at radius 1 is 1.50 bits per heavy atom. The van der Waals surface area contributed by atoms with Gasteiger partial charge in [-0.3, -0.25) is 10.1 Å². The number of nitro groups is 1. The van der Waals surface area contributed by atoms with E-state index in [0.29, 0.717) is 0 Å². The highest BCUT2D eigenvalue weighted by atomic mass is 16.6. The molecule has 118 valence electrons. The topological polar surface area (TPSA) is 94.8 Å². The van der Waals surface area contributed by atoms with E-state index in [1.54, 1.807) is 20.8 Å². The molecular formula is C14H17N3O5. The van der Waals surface area contributed by atoms with E-state index in [-0.39, 0.29) is 23.9 Å². The van der Waals surface area contributed by atoms with Crippen molar-refractivity contribution < 1.29 is 19.2 Å². The molecule has 1 aromatic rings. The van der Waals surface area contributed by atoms with Gasteiger partial charge in [-0.05, 0) is 20.8 Å². The highest BCUT2D eigenvalue weighted by molar-refractivity contribution is 5.90. The number of hydrogen-bond donors (Lipinski definition) is 0. The van der Waals surface area contributed by atoms with Crippen molar-refractivity contribution in [1.82, 2.24) is 4.98 Å². The van der Waals surface area contributed by atoms with E-state index in [4.69, 9.17) is 15.9 Å². The molecule has 0 aliphatic heterocycles. The van der Waals surface area contributed by atoms with Crippen LogP contribution in [0.1, 0.15) is 20.8 Å². The molecule has 0 bridgehead atoms. The maximum atomic E-state index is 12.2. The standard InChI is InChI=1S/C14H17N3O5/c1-6-9-16(13(18)22-14(2,3)4)12-10(17(19)20)7-8-11(15-12)21-5/h1,7-8H,9H2,2-5H3. The number of ether oxygens (including phenoxy) is 2. The molecule has 0 atom stereocenters. The van der Waals surface area contributed by atoms with Crippen LogP contribution in [0.5, 0.6) is 5.88 Å². The summed E-state index contributed by atoms with van der Waals surface area (Å²) >= 11 is 0. The molecule has 8 nitrogen and oxygen atoms in total. The van der Waals surface area contributed by atoms with Gasteiger partial charge in [0, 0.05) is 12.1 Å². The van der Waals surface area contributed by atoms with Crippen LogP contribution in [0.2, 0.25) is 0 Å². The van der Waals surface area contributed by atoms with Gasteiger partial charge in [-0.15, -0.1) is 6.42 Å². The Labute approximate surface area is 128 Å². The number of pyridine rings is 1. The molecule has 22 heavy (non-hydrogen) atoms. The van der Waals surface area contributed by atoms with Crippen molar-refractivity contribution in [1.29, 1.82) is 0 Å². The molecule has 1 heterocycles. The Balaban J connectivity index is 3.33. The number of carbonyl (C=O) groups is 1. The lowest BCUT2D eigenvalue weighted by Gasteiger charge is -2.25. The van der Waals surface area contributed by atoms with Crippen LogP contribution in [0.25, 0.3) is 0 Å². The predicted molar refractivity (Wildman–Crippen MR) is 79.9 cm³/mol. The zero-order valence-corrected chi connectivity index (χ0v) is 12.8. The number of aromatic nitrogens is 1.